The second kappa shape index (κ2) is 13.4. The second-order valence-electron chi connectivity index (χ2n) is 12.0. The van der Waals surface area contributed by atoms with Crippen LogP contribution >= 0.6 is 0 Å². The molecule has 3 aliphatic heterocycles. The van der Waals surface area contributed by atoms with Gasteiger partial charge in [0.25, 0.3) is 0 Å². The molecule has 4 aliphatic rings. The van der Waals surface area contributed by atoms with Gasteiger partial charge >= 0.3 is 5.97 Å². The standard InChI is InChI=1S/C32H46O6/c1-20-13-14-36-25(16-20)11-12-28(33)30-19-27-23(4)32(27)29(34)18-22(3)15-21(2)17-26-9-5-7-24(37-26)8-6-10-31(35)38-30/h5-7,10-13,21,23-30,32-34H,3,8-9,14-19H2,1-2,4H3/b10-6-,12-11+/t21?,23-,24+,25?,26?,27-,28?,29?,30?,32-/m1/s1. The minimum atomic E-state index is -0.959. The van der Waals surface area contributed by atoms with E-state index < -0.39 is 24.3 Å². The van der Waals surface area contributed by atoms with Crippen molar-refractivity contribution in [2.75, 3.05) is 6.61 Å². The normalized spacial score (nSPS) is 40.9. The first-order valence-corrected chi connectivity index (χ1v) is 14.4. The zero-order valence-corrected chi connectivity index (χ0v) is 23.2. The van der Waals surface area contributed by atoms with Crippen LogP contribution < -0.4 is 0 Å². The maximum atomic E-state index is 12.8. The summed E-state index contributed by atoms with van der Waals surface area (Å²) < 4.78 is 17.8. The number of rotatable bonds is 3. The van der Waals surface area contributed by atoms with Crippen molar-refractivity contribution in [1.82, 2.24) is 0 Å². The Morgan fingerprint density at radius 3 is 2.74 bits per heavy atom. The highest BCUT2D eigenvalue weighted by molar-refractivity contribution is 5.82. The summed E-state index contributed by atoms with van der Waals surface area (Å²) in [6.45, 7) is 11.3. The predicted molar refractivity (Wildman–Crippen MR) is 148 cm³/mol. The summed E-state index contributed by atoms with van der Waals surface area (Å²) in [4.78, 5) is 12.8. The molecular formula is C32H46O6. The Kier molecular flexibility index (Phi) is 10.2. The van der Waals surface area contributed by atoms with E-state index in [1.165, 1.54) is 11.6 Å². The Bertz CT molecular complexity index is 948. The van der Waals surface area contributed by atoms with Crippen molar-refractivity contribution in [2.45, 2.75) is 102 Å². The molecule has 38 heavy (non-hydrogen) atoms. The number of esters is 1. The van der Waals surface area contributed by atoms with Gasteiger partial charge in [-0.25, -0.2) is 4.79 Å². The maximum Gasteiger partial charge on any atom is 0.330 e. The molecule has 2 bridgehead atoms. The van der Waals surface area contributed by atoms with E-state index in [4.69, 9.17) is 14.2 Å². The Morgan fingerprint density at radius 1 is 1.13 bits per heavy atom. The molecule has 0 saturated heterocycles. The van der Waals surface area contributed by atoms with Gasteiger partial charge in [0, 0.05) is 6.08 Å². The number of hydrogen-bond acceptors (Lipinski definition) is 6. The van der Waals surface area contributed by atoms with Crippen LogP contribution in [-0.4, -0.2) is 59.4 Å². The van der Waals surface area contributed by atoms with Crippen LogP contribution in [0.15, 0.2) is 60.3 Å². The van der Waals surface area contributed by atoms with Crippen LogP contribution in [0.5, 0.6) is 0 Å². The number of aliphatic hydroxyl groups excluding tert-OH is 2. The molecule has 0 radical (unpaired) electrons. The number of aliphatic hydroxyl groups is 2. The van der Waals surface area contributed by atoms with Crippen molar-refractivity contribution in [2.24, 2.45) is 23.7 Å². The van der Waals surface area contributed by atoms with Crippen LogP contribution in [-0.2, 0) is 19.0 Å². The molecule has 6 heteroatoms. The van der Waals surface area contributed by atoms with Gasteiger partial charge in [-0.05, 0) is 75.5 Å². The molecule has 4 rings (SSSR count). The van der Waals surface area contributed by atoms with E-state index >= 15 is 0 Å². The average Bonchev–Trinajstić information content (AvgIpc) is 3.50. The van der Waals surface area contributed by atoms with Crippen molar-refractivity contribution in [3.63, 3.8) is 0 Å². The van der Waals surface area contributed by atoms with Crippen molar-refractivity contribution in [1.29, 1.82) is 0 Å². The summed E-state index contributed by atoms with van der Waals surface area (Å²) >= 11 is 0. The third kappa shape index (κ3) is 8.25. The van der Waals surface area contributed by atoms with Gasteiger partial charge in [0.15, 0.2) is 0 Å². The zero-order chi connectivity index (χ0) is 27.2. The van der Waals surface area contributed by atoms with Gasteiger partial charge in [-0.2, -0.15) is 0 Å². The van der Waals surface area contributed by atoms with Gasteiger partial charge in [-0.15, -0.1) is 0 Å². The lowest BCUT2D eigenvalue weighted by Crippen LogP contribution is -2.31. The topological polar surface area (TPSA) is 85.2 Å². The van der Waals surface area contributed by atoms with Crippen molar-refractivity contribution in [3.05, 3.63) is 60.3 Å². The molecule has 0 spiro atoms. The molecular weight excluding hydrogens is 480 g/mol. The van der Waals surface area contributed by atoms with Crippen molar-refractivity contribution >= 4 is 5.97 Å². The lowest BCUT2D eigenvalue weighted by atomic mass is 9.90. The number of hydrogen-bond donors (Lipinski definition) is 2. The van der Waals surface area contributed by atoms with Crippen LogP contribution in [0.2, 0.25) is 0 Å². The molecule has 1 fully saturated rings. The van der Waals surface area contributed by atoms with E-state index in [1.807, 2.05) is 6.08 Å². The monoisotopic (exact) mass is 526 g/mol. The third-order valence-electron chi connectivity index (χ3n) is 8.56. The molecule has 1 saturated carbocycles. The Hall–Kier alpha value is -1.99. The Morgan fingerprint density at radius 2 is 1.95 bits per heavy atom. The first kappa shape index (κ1) is 29.0. The van der Waals surface area contributed by atoms with Gasteiger partial charge in [0.2, 0.25) is 0 Å². The van der Waals surface area contributed by atoms with Gasteiger partial charge < -0.3 is 24.4 Å². The summed E-state index contributed by atoms with van der Waals surface area (Å²) in [6, 6.07) is 0. The molecule has 210 valence electrons. The largest absolute Gasteiger partial charge is 0.456 e. The maximum absolute atomic E-state index is 12.8. The van der Waals surface area contributed by atoms with Crippen LogP contribution in [0.4, 0.5) is 0 Å². The first-order chi connectivity index (χ1) is 18.2. The predicted octanol–water partition coefficient (Wildman–Crippen LogP) is 5.22. The highest BCUT2D eigenvalue weighted by atomic mass is 16.6. The lowest BCUT2D eigenvalue weighted by molar-refractivity contribution is -0.148. The van der Waals surface area contributed by atoms with E-state index in [-0.39, 0.29) is 30.1 Å². The number of fused-ring (bicyclic) bond motifs is 3. The molecule has 6 unspecified atom stereocenters. The number of ether oxygens (including phenoxy) is 3. The molecule has 0 aromatic carbocycles. The Labute approximate surface area is 228 Å². The minimum absolute atomic E-state index is 0.0701. The highest BCUT2D eigenvalue weighted by Crippen LogP contribution is 2.52. The van der Waals surface area contributed by atoms with Crippen LogP contribution in [0.1, 0.15) is 65.7 Å². The fourth-order valence-electron chi connectivity index (χ4n) is 6.41. The van der Waals surface area contributed by atoms with E-state index in [2.05, 4.69) is 45.6 Å². The van der Waals surface area contributed by atoms with E-state index in [9.17, 15) is 15.0 Å². The number of carbonyl (C=O) groups is 1. The molecule has 10 atom stereocenters. The molecule has 0 amide bonds. The summed E-state index contributed by atoms with van der Waals surface area (Å²) in [5.74, 6) is 0.518. The van der Waals surface area contributed by atoms with Crippen LogP contribution in [0, 0.1) is 23.7 Å². The quantitative estimate of drug-likeness (QED) is 0.387. The van der Waals surface area contributed by atoms with Crippen LogP contribution in [0.25, 0.3) is 0 Å². The fraction of sp³-hybridized carbons (Fsp3) is 0.656. The summed E-state index contributed by atoms with van der Waals surface area (Å²) in [5.41, 5.74) is 2.33. The van der Waals surface area contributed by atoms with Gasteiger partial charge in [-0.1, -0.05) is 68.0 Å². The van der Waals surface area contributed by atoms with Gasteiger partial charge in [0.1, 0.15) is 12.2 Å². The van der Waals surface area contributed by atoms with Crippen molar-refractivity contribution < 1.29 is 29.2 Å². The molecule has 0 aromatic heterocycles. The average molecular weight is 527 g/mol. The lowest BCUT2D eigenvalue weighted by Gasteiger charge is -2.28. The van der Waals surface area contributed by atoms with Crippen molar-refractivity contribution in [3.8, 4) is 0 Å². The van der Waals surface area contributed by atoms with E-state index in [0.717, 1.165) is 31.3 Å². The number of carbonyl (C=O) groups excluding carboxylic acids is 1. The summed E-state index contributed by atoms with van der Waals surface area (Å²) in [5, 5.41) is 22.1. The highest BCUT2D eigenvalue weighted by Gasteiger charge is 2.52. The fourth-order valence-corrected chi connectivity index (χ4v) is 6.41. The summed E-state index contributed by atoms with van der Waals surface area (Å²) in [7, 11) is 0. The van der Waals surface area contributed by atoms with Crippen LogP contribution in [0.3, 0.4) is 0 Å². The second-order valence-corrected chi connectivity index (χ2v) is 12.0. The smallest absolute Gasteiger partial charge is 0.330 e. The molecule has 0 aromatic rings. The SMILES string of the molecule is C=C1CC(C)CC2CC=C[C@@H](C/C=C\C(=O)OC(C(O)/C=C/C3CC(C)=CCO3)C[C@@H]3[C@@H](C)[C@H]3C(O)C1)O2. The third-order valence-corrected chi connectivity index (χ3v) is 8.56. The molecule has 6 nitrogen and oxygen atoms in total. The minimum Gasteiger partial charge on any atom is -0.456 e. The number of cyclic esters (lactones) is 1. The molecule has 1 aliphatic carbocycles. The molecule has 2 N–H and O–H groups in total. The molecule has 3 heterocycles. The van der Waals surface area contributed by atoms with Gasteiger partial charge in [-0.3, -0.25) is 0 Å². The first-order valence-electron chi connectivity index (χ1n) is 14.4. The zero-order valence-electron chi connectivity index (χ0n) is 23.2. The van der Waals surface area contributed by atoms with Gasteiger partial charge in [0.05, 0.1) is 31.0 Å². The Balaban J connectivity index is 1.47. The van der Waals surface area contributed by atoms with E-state index in [1.54, 1.807) is 12.2 Å². The van der Waals surface area contributed by atoms with E-state index in [0.29, 0.717) is 37.7 Å². The summed E-state index contributed by atoms with van der Waals surface area (Å²) in [6.07, 6.45) is 16.1.